The number of benzene rings is 1. The van der Waals surface area contributed by atoms with Gasteiger partial charge >= 0.3 is 0 Å². The first-order valence-electron chi connectivity index (χ1n) is 7.71. The number of hydrogen-bond donors (Lipinski definition) is 1. The first-order valence-corrected chi connectivity index (χ1v) is 9.30. The molecule has 1 aromatic carbocycles. The van der Waals surface area contributed by atoms with Crippen molar-refractivity contribution in [3.8, 4) is 0 Å². The molecule has 130 valence electrons. The Morgan fingerprint density at radius 2 is 2.12 bits per heavy atom. The summed E-state index contributed by atoms with van der Waals surface area (Å²) in [5.74, 6) is -0.117. The first-order chi connectivity index (χ1) is 11.9. The van der Waals surface area contributed by atoms with Crippen LogP contribution in [0.15, 0.2) is 51.8 Å². The van der Waals surface area contributed by atoms with E-state index in [1.54, 1.807) is 10.9 Å². The monoisotopic (exact) mass is 465 g/mol. The smallest absolute Gasteiger partial charge is 0.248 e. The van der Waals surface area contributed by atoms with E-state index in [0.29, 0.717) is 6.54 Å². The molecule has 6 nitrogen and oxygen atoms in total. The van der Waals surface area contributed by atoms with E-state index in [-0.39, 0.29) is 5.91 Å². The van der Waals surface area contributed by atoms with Crippen LogP contribution in [0.25, 0.3) is 0 Å². The Labute approximate surface area is 162 Å². The molecule has 0 bridgehead atoms. The second-order valence-electron chi connectivity index (χ2n) is 5.76. The molecule has 0 fully saturated rings. The molecule has 0 aliphatic rings. The van der Waals surface area contributed by atoms with E-state index in [4.69, 9.17) is 0 Å². The fraction of sp³-hybridized carbons (Fsp3) is 0.235. The van der Waals surface area contributed by atoms with Gasteiger partial charge < -0.3 is 5.32 Å². The highest BCUT2D eigenvalue weighted by Crippen LogP contribution is 2.19. The zero-order valence-corrected chi connectivity index (χ0v) is 17.0. The van der Waals surface area contributed by atoms with Crippen molar-refractivity contribution in [2.45, 2.75) is 26.4 Å². The van der Waals surface area contributed by atoms with Gasteiger partial charge in [0.1, 0.15) is 6.04 Å². The number of nitrogens with one attached hydrogen (secondary N) is 1. The predicted molar refractivity (Wildman–Crippen MR) is 103 cm³/mol. The number of aromatic nitrogens is 4. The highest BCUT2D eigenvalue weighted by Gasteiger charge is 2.17. The molecule has 8 heteroatoms. The fourth-order valence-electron chi connectivity index (χ4n) is 2.38. The Hall–Kier alpha value is -1.93. The number of carbonyl (C=O) groups is 1. The summed E-state index contributed by atoms with van der Waals surface area (Å²) < 4.78 is 5.31. The van der Waals surface area contributed by atoms with Gasteiger partial charge in [-0.05, 0) is 63.4 Å². The number of rotatable bonds is 5. The van der Waals surface area contributed by atoms with Gasteiger partial charge in [0, 0.05) is 18.1 Å². The molecule has 0 radical (unpaired) electrons. The zero-order chi connectivity index (χ0) is 18.0. The van der Waals surface area contributed by atoms with Crippen LogP contribution in [0.1, 0.15) is 24.2 Å². The molecule has 1 atom stereocenters. The van der Waals surface area contributed by atoms with Crippen LogP contribution >= 0.6 is 31.9 Å². The molecule has 0 spiro atoms. The lowest BCUT2D eigenvalue weighted by Gasteiger charge is -2.13. The van der Waals surface area contributed by atoms with Crippen LogP contribution < -0.4 is 5.32 Å². The van der Waals surface area contributed by atoms with E-state index >= 15 is 0 Å². The standard InChI is InChI=1S/C17H17Br2N5O/c1-11-16(19)10-24(22-11)12(2)17(25)21-15-5-3-4-13(6-15)8-23-9-14(18)7-20-23/h3-7,9-10,12H,8H2,1-2H3,(H,21,25). The van der Waals surface area contributed by atoms with Crippen LogP contribution in [-0.4, -0.2) is 25.5 Å². The van der Waals surface area contributed by atoms with E-state index in [0.717, 1.165) is 25.9 Å². The SMILES string of the molecule is Cc1nn(C(C)C(=O)Nc2cccc(Cn3cc(Br)cn3)c2)cc1Br. The van der Waals surface area contributed by atoms with Crippen LogP contribution in [0, 0.1) is 6.92 Å². The van der Waals surface area contributed by atoms with Crippen LogP contribution in [0.4, 0.5) is 5.69 Å². The van der Waals surface area contributed by atoms with Gasteiger partial charge in [0.05, 0.1) is 27.4 Å². The molecule has 25 heavy (non-hydrogen) atoms. The van der Waals surface area contributed by atoms with Crippen molar-refractivity contribution in [2.75, 3.05) is 5.32 Å². The summed E-state index contributed by atoms with van der Waals surface area (Å²) in [6, 6.07) is 7.34. The average Bonchev–Trinajstić information content (AvgIpc) is 3.12. The Kier molecular flexibility index (Phi) is 5.39. The molecule has 0 aliphatic carbocycles. The number of halogens is 2. The van der Waals surface area contributed by atoms with Gasteiger partial charge in [-0.15, -0.1) is 0 Å². The van der Waals surface area contributed by atoms with Crippen molar-refractivity contribution >= 4 is 43.5 Å². The lowest BCUT2D eigenvalue weighted by molar-refractivity contribution is -0.119. The second-order valence-corrected chi connectivity index (χ2v) is 7.53. The minimum atomic E-state index is -0.407. The van der Waals surface area contributed by atoms with Gasteiger partial charge in [0.25, 0.3) is 0 Å². The van der Waals surface area contributed by atoms with Crippen molar-refractivity contribution in [3.05, 3.63) is 63.1 Å². The molecular weight excluding hydrogens is 450 g/mol. The predicted octanol–water partition coefficient (Wildman–Crippen LogP) is 4.16. The highest BCUT2D eigenvalue weighted by molar-refractivity contribution is 9.10. The molecule has 1 amide bonds. The minimum absolute atomic E-state index is 0.117. The molecular formula is C17H17Br2N5O. The number of amides is 1. The topological polar surface area (TPSA) is 64.7 Å². The molecule has 1 unspecified atom stereocenters. The van der Waals surface area contributed by atoms with E-state index in [1.807, 2.05) is 55.2 Å². The van der Waals surface area contributed by atoms with Crippen molar-refractivity contribution in [1.82, 2.24) is 19.6 Å². The normalized spacial score (nSPS) is 12.2. The number of nitrogens with zero attached hydrogens (tertiary/aromatic N) is 4. The molecule has 1 N–H and O–H groups in total. The molecule has 2 aromatic heterocycles. The molecule has 0 aliphatic heterocycles. The maximum absolute atomic E-state index is 12.5. The van der Waals surface area contributed by atoms with Crippen LogP contribution in [-0.2, 0) is 11.3 Å². The third-order valence-corrected chi connectivity index (χ3v) is 4.96. The van der Waals surface area contributed by atoms with Gasteiger partial charge in [-0.1, -0.05) is 12.1 Å². The summed E-state index contributed by atoms with van der Waals surface area (Å²) in [6.45, 7) is 4.35. The number of carbonyl (C=O) groups excluding carboxylic acids is 1. The van der Waals surface area contributed by atoms with E-state index in [9.17, 15) is 4.79 Å². The summed E-state index contributed by atoms with van der Waals surface area (Å²) in [5.41, 5.74) is 2.66. The van der Waals surface area contributed by atoms with Gasteiger partial charge in [-0.3, -0.25) is 14.2 Å². The Morgan fingerprint density at radius 1 is 1.32 bits per heavy atom. The number of anilines is 1. The highest BCUT2D eigenvalue weighted by atomic mass is 79.9. The summed E-state index contributed by atoms with van der Waals surface area (Å²) in [6.07, 6.45) is 5.47. The summed E-state index contributed by atoms with van der Waals surface area (Å²) in [7, 11) is 0. The molecule has 3 aromatic rings. The van der Waals surface area contributed by atoms with Crippen LogP contribution in [0.2, 0.25) is 0 Å². The molecule has 3 rings (SSSR count). The number of aryl methyl sites for hydroxylation is 1. The zero-order valence-electron chi connectivity index (χ0n) is 13.8. The molecule has 0 saturated carbocycles. The van der Waals surface area contributed by atoms with Crippen LogP contribution in [0.3, 0.4) is 0 Å². The maximum atomic E-state index is 12.5. The van der Waals surface area contributed by atoms with Gasteiger partial charge in [0.2, 0.25) is 5.91 Å². The fourth-order valence-corrected chi connectivity index (χ4v) is 3.00. The Bertz CT molecular complexity index is 883. The van der Waals surface area contributed by atoms with Gasteiger partial charge in [-0.2, -0.15) is 10.2 Å². The largest absolute Gasteiger partial charge is 0.324 e. The quantitative estimate of drug-likeness (QED) is 0.613. The number of hydrogen-bond acceptors (Lipinski definition) is 3. The van der Waals surface area contributed by atoms with E-state index < -0.39 is 6.04 Å². The van der Waals surface area contributed by atoms with Crippen molar-refractivity contribution in [3.63, 3.8) is 0 Å². The van der Waals surface area contributed by atoms with Crippen molar-refractivity contribution in [2.24, 2.45) is 0 Å². The third kappa shape index (κ3) is 4.38. The first kappa shape index (κ1) is 17.9. The maximum Gasteiger partial charge on any atom is 0.248 e. The Balaban J connectivity index is 1.69. The van der Waals surface area contributed by atoms with Crippen LogP contribution in [0.5, 0.6) is 0 Å². The van der Waals surface area contributed by atoms with E-state index in [1.165, 1.54) is 0 Å². The van der Waals surface area contributed by atoms with Crippen molar-refractivity contribution in [1.29, 1.82) is 0 Å². The Morgan fingerprint density at radius 3 is 2.76 bits per heavy atom. The second kappa shape index (κ2) is 7.53. The lowest BCUT2D eigenvalue weighted by Crippen LogP contribution is -2.24. The molecule has 0 saturated heterocycles. The van der Waals surface area contributed by atoms with E-state index in [2.05, 4.69) is 47.4 Å². The van der Waals surface area contributed by atoms with Gasteiger partial charge in [-0.25, -0.2) is 0 Å². The third-order valence-electron chi connectivity index (χ3n) is 3.77. The summed E-state index contributed by atoms with van der Waals surface area (Å²) in [4.78, 5) is 12.5. The molecule has 2 heterocycles. The summed E-state index contributed by atoms with van der Waals surface area (Å²) >= 11 is 6.80. The lowest BCUT2D eigenvalue weighted by atomic mass is 10.2. The average molecular weight is 467 g/mol. The summed E-state index contributed by atoms with van der Waals surface area (Å²) in [5, 5.41) is 11.5. The van der Waals surface area contributed by atoms with Crippen molar-refractivity contribution < 1.29 is 4.79 Å². The van der Waals surface area contributed by atoms with Gasteiger partial charge in [0.15, 0.2) is 0 Å². The minimum Gasteiger partial charge on any atom is -0.324 e.